The van der Waals surface area contributed by atoms with Crippen molar-refractivity contribution in [2.75, 3.05) is 45.6 Å². The Kier molecular flexibility index (Phi) is 4.63. The largest absolute Gasteiger partial charge is 0.497 e. The molecule has 5 nitrogen and oxygen atoms in total. The van der Waals surface area contributed by atoms with Crippen LogP contribution in [0.15, 0.2) is 30.9 Å². The second kappa shape index (κ2) is 6.43. The molecule has 0 spiro atoms. The molecule has 20 heavy (non-hydrogen) atoms. The highest BCUT2D eigenvalue weighted by atomic mass is 16.5. The van der Waals surface area contributed by atoms with E-state index in [1.165, 1.54) is 0 Å². The van der Waals surface area contributed by atoms with Crippen LogP contribution in [-0.2, 0) is 0 Å². The number of hydrogen-bond donors (Lipinski definition) is 1. The van der Waals surface area contributed by atoms with Gasteiger partial charge in [-0.25, -0.2) is 0 Å². The molecule has 1 fully saturated rings. The lowest BCUT2D eigenvalue weighted by atomic mass is 10.1. The smallest absolute Gasteiger partial charge is 0.256 e. The zero-order valence-electron chi connectivity index (χ0n) is 11.8. The molecule has 0 aromatic heterocycles. The van der Waals surface area contributed by atoms with Crippen molar-refractivity contribution < 1.29 is 9.53 Å². The summed E-state index contributed by atoms with van der Waals surface area (Å²) in [5, 5.41) is 0. The van der Waals surface area contributed by atoms with Crippen LogP contribution in [0.5, 0.6) is 5.75 Å². The Morgan fingerprint density at radius 3 is 2.65 bits per heavy atom. The molecule has 0 saturated carbocycles. The molecule has 2 rings (SSSR count). The van der Waals surface area contributed by atoms with E-state index in [1.807, 2.05) is 11.0 Å². The summed E-state index contributed by atoms with van der Waals surface area (Å²) >= 11 is 0. The van der Waals surface area contributed by atoms with Gasteiger partial charge in [-0.2, -0.15) is 0 Å². The number of piperazine rings is 1. The van der Waals surface area contributed by atoms with Crippen LogP contribution < -0.4 is 10.5 Å². The van der Waals surface area contributed by atoms with Crippen LogP contribution >= 0.6 is 0 Å². The standard InChI is InChI=1S/C15H21N3O2/c1-3-6-17-7-9-18(10-8-17)15(19)13-5-4-12(20-2)11-14(13)16/h3-5,11H,1,6-10,16H2,2H3. The Balaban J connectivity index is 2.03. The van der Waals surface area contributed by atoms with Crippen molar-refractivity contribution in [1.82, 2.24) is 9.80 Å². The summed E-state index contributed by atoms with van der Waals surface area (Å²) in [7, 11) is 1.58. The second-order valence-corrected chi connectivity index (χ2v) is 4.83. The number of ether oxygens (including phenoxy) is 1. The van der Waals surface area contributed by atoms with Crippen LogP contribution in [0.25, 0.3) is 0 Å². The van der Waals surface area contributed by atoms with Gasteiger partial charge in [0, 0.05) is 44.5 Å². The summed E-state index contributed by atoms with van der Waals surface area (Å²) in [6, 6.07) is 5.17. The first kappa shape index (κ1) is 14.4. The number of rotatable bonds is 4. The monoisotopic (exact) mass is 275 g/mol. The average molecular weight is 275 g/mol. The quantitative estimate of drug-likeness (QED) is 0.663. The SMILES string of the molecule is C=CCN1CCN(C(=O)c2ccc(OC)cc2N)CC1. The van der Waals surface area contributed by atoms with E-state index in [4.69, 9.17) is 10.5 Å². The molecule has 1 aromatic rings. The summed E-state index contributed by atoms with van der Waals surface area (Å²) in [4.78, 5) is 16.6. The minimum absolute atomic E-state index is 0.0107. The van der Waals surface area contributed by atoms with Crippen molar-refractivity contribution in [3.05, 3.63) is 36.4 Å². The maximum Gasteiger partial charge on any atom is 0.256 e. The summed E-state index contributed by atoms with van der Waals surface area (Å²) in [5.74, 6) is 0.651. The molecule has 5 heteroatoms. The average Bonchev–Trinajstić information content (AvgIpc) is 2.47. The van der Waals surface area contributed by atoms with Crippen molar-refractivity contribution in [3.8, 4) is 5.75 Å². The molecule has 1 heterocycles. The number of hydrogen-bond acceptors (Lipinski definition) is 4. The van der Waals surface area contributed by atoms with Gasteiger partial charge >= 0.3 is 0 Å². The lowest BCUT2D eigenvalue weighted by molar-refractivity contribution is 0.0651. The van der Waals surface area contributed by atoms with Crippen LogP contribution in [0.3, 0.4) is 0 Å². The molecule has 0 aliphatic carbocycles. The van der Waals surface area contributed by atoms with Gasteiger partial charge in [0.15, 0.2) is 0 Å². The molecule has 1 aliphatic rings. The molecule has 1 aliphatic heterocycles. The predicted octanol–water partition coefficient (Wildman–Crippen LogP) is 1.22. The number of carbonyl (C=O) groups is 1. The third kappa shape index (κ3) is 3.11. The lowest BCUT2D eigenvalue weighted by Gasteiger charge is -2.34. The molecule has 108 valence electrons. The normalized spacial score (nSPS) is 15.9. The molecule has 1 aromatic carbocycles. The summed E-state index contributed by atoms with van der Waals surface area (Å²) < 4.78 is 5.10. The number of methoxy groups -OCH3 is 1. The molecule has 0 bridgehead atoms. The highest BCUT2D eigenvalue weighted by Crippen LogP contribution is 2.21. The van der Waals surface area contributed by atoms with Gasteiger partial charge in [0.25, 0.3) is 5.91 Å². The number of nitrogens with zero attached hydrogens (tertiary/aromatic N) is 2. The highest BCUT2D eigenvalue weighted by Gasteiger charge is 2.22. The maximum absolute atomic E-state index is 12.5. The third-order valence-electron chi connectivity index (χ3n) is 3.54. The van der Waals surface area contributed by atoms with Gasteiger partial charge in [0.2, 0.25) is 0 Å². The first-order valence-corrected chi connectivity index (χ1v) is 6.71. The zero-order valence-corrected chi connectivity index (χ0v) is 11.8. The van der Waals surface area contributed by atoms with Gasteiger partial charge in [0.1, 0.15) is 5.75 Å². The van der Waals surface area contributed by atoms with E-state index in [2.05, 4.69) is 11.5 Å². The third-order valence-corrected chi connectivity index (χ3v) is 3.54. The molecule has 0 unspecified atom stereocenters. The molecule has 0 radical (unpaired) electrons. The topological polar surface area (TPSA) is 58.8 Å². The number of nitrogen functional groups attached to an aromatic ring is 1. The van der Waals surface area contributed by atoms with Crippen molar-refractivity contribution in [2.24, 2.45) is 0 Å². The van der Waals surface area contributed by atoms with Gasteiger partial charge in [0.05, 0.1) is 12.7 Å². The number of nitrogens with two attached hydrogens (primary N) is 1. The van der Waals surface area contributed by atoms with Crippen LogP contribution in [-0.4, -0.2) is 55.5 Å². The van der Waals surface area contributed by atoms with E-state index < -0.39 is 0 Å². The van der Waals surface area contributed by atoms with Gasteiger partial charge in [-0.3, -0.25) is 9.69 Å². The van der Waals surface area contributed by atoms with Crippen LogP contribution in [0, 0.1) is 0 Å². The first-order chi connectivity index (χ1) is 9.65. The maximum atomic E-state index is 12.5. The van der Waals surface area contributed by atoms with Crippen LogP contribution in [0.2, 0.25) is 0 Å². The molecular formula is C15H21N3O2. The highest BCUT2D eigenvalue weighted by molar-refractivity contribution is 5.99. The van der Waals surface area contributed by atoms with E-state index in [0.717, 1.165) is 32.7 Å². The number of anilines is 1. The zero-order chi connectivity index (χ0) is 14.5. The van der Waals surface area contributed by atoms with Gasteiger partial charge in [-0.1, -0.05) is 6.08 Å². The van der Waals surface area contributed by atoms with Crippen LogP contribution in [0.1, 0.15) is 10.4 Å². The fourth-order valence-corrected chi connectivity index (χ4v) is 2.35. The van der Waals surface area contributed by atoms with E-state index >= 15 is 0 Å². The Hall–Kier alpha value is -2.01. The molecule has 1 saturated heterocycles. The van der Waals surface area contributed by atoms with Gasteiger partial charge < -0.3 is 15.4 Å². The van der Waals surface area contributed by atoms with E-state index in [1.54, 1.807) is 25.3 Å². The van der Waals surface area contributed by atoms with Gasteiger partial charge in [-0.15, -0.1) is 6.58 Å². The van der Waals surface area contributed by atoms with E-state index in [0.29, 0.717) is 17.0 Å². The van der Waals surface area contributed by atoms with Crippen molar-refractivity contribution in [2.45, 2.75) is 0 Å². The van der Waals surface area contributed by atoms with Gasteiger partial charge in [-0.05, 0) is 12.1 Å². The fourth-order valence-electron chi connectivity index (χ4n) is 2.35. The minimum atomic E-state index is -0.0107. The predicted molar refractivity (Wildman–Crippen MR) is 79.9 cm³/mol. The lowest BCUT2D eigenvalue weighted by Crippen LogP contribution is -2.48. The number of amides is 1. The summed E-state index contributed by atoms with van der Waals surface area (Å²) in [5.41, 5.74) is 6.93. The Morgan fingerprint density at radius 1 is 1.40 bits per heavy atom. The fraction of sp³-hybridized carbons (Fsp3) is 0.400. The Morgan fingerprint density at radius 2 is 2.10 bits per heavy atom. The second-order valence-electron chi connectivity index (χ2n) is 4.83. The van der Waals surface area contributed by atoms with E-state index in [-0.39, 0.29) is 5.91 Å². The molecule has 2 N–H and O–H groups in total. The van der Waals surface area contributed by atoms with Crippen molar-refractivity contribution >= 4 is 11.6 Å². The number of carbonyl (C=O) groups excluding carboxylic acids is 1. The Labute approximate surface area is 119 Å². The minimum Gasteiger partial charge on any atom is -0.497 e. The molecule has 1 amide bonds. The van der Waals surface area contributed by atoms with E-state index in [9.17, 15) is 4.79 Å². The Bertz CT molecular complexity index is 494. The molecular weight excluding hydrogens is 254 g/mol. The van der Waals surface area contributed by atoms with Crippen molar-refractivity contribution in [3.63, 3.8) is 0 Å². The van der Waals surface area contributed by atoms with Crippen LogP contribution in [0.4, 0.5) is 5.69 Å². The number of benzene rings is 1. The molecule has 0 atom stereocenters. The van der Waals surface area contributed by atoms with Crippen molar-refractivity contribution in [1.29, 1.82) is 0 Å². The summed E-state index contributed by atoms with van der Waals surface area (Å²) in [6.07, 6.45) is 1.89. The first-order valence-electron chi connectivity index (χ1n) is 6.71. The summed E-state index contributed by atoms with van der Waals surface area (Å²) in [6.45, 7) is 7.78.